The third-order valence-corrected chi connectivity index (χ3v) is 13.7. The Balaban J connectivity index is 1.32. The molecule has 7 atom stereocenters. The SMILES string of the molecule is COc1cc2c(cc1O)CCNC21CS[C@H]2c3c(OC(C)=O)c(C)c4c(c3[C@H](COC1=O)N1C(O)C3Cc5cc(C)c(OC)c(O)c5C([C@H]21)N3C)OCO4. The maximum Gasteiger partial charge on any atom is 0.331 e. The number of phenolic OH excluding ortho intramolecular Hbond substituents is 2. The molecule has 0 aromatic heterocycles. The Morgan fingerprint density at radius 3 is 2.54 bits per heavy atom. The van der Waals surface area contributed by atoms with Gasteiger partial charge in [0.2, 0.25) is 6.79 Å². The number of esters is 2. The average molecular weight is 762 g/mol. The number of carbonyl (C=O) groups excluding carboxylic acids is 2. The number of aryl methyl sites for hydroxylation is 1. The van der Waals surface area contributed by atoms with Crippen LogP contribution < -0.4 is 29.0 Å². The topological polar surface area (TPSA) is 169 Å². The maximum absolute atomic E-state index is 14.7. The van der Waals surface area contributed by atoms with E-state index in [-0.39, 0.29) is 42.4 Å². The van der Waals surface area contributed by atoms with Gasteiger partial charge >= 0.3 is 11.9 Å². The van der Waals surface area contributed by atoms with Crippen molar-refractivity contribution in [2.45, 2.75) is 74.8 Å². The number of aromatic hydroxyl groups is 2. The number of benzene rings is 3. The molecule has 0 aliphatic carbocycles. The predicted molar refractivity (Wildman–Crippen MR) is 195 cm³/mol. The third-order valence-electron chi connectivity index (χ3n) is 12.3. The maximum atomic E-state index is 14.7. The van der Waals surface area contributed by atoms with Crippen LogP contribution in [0.25, 0.3) is 0 Å². The van der Waals surface area contributed by atoms with E-state index < -0.39 is 47.1 Å². The minimum atomic E-state index is -1.36. The van der Waals surface area contributed by atoms with Gasteiger partial charge in [-0.2, -0.15) is 0 Å². The first kappa shape index (κ1) is 35.3. The number of nitrogens with zero attached hydrogens (tertiary/aromatic N) is 2. The number of nitrogens with one attached hydrogen (secondary N) is 1. The molecule has 4 N–H and O–H groups in total. The van der Waals surface area contributed by atoms with Crippen LogP contribution in [0.1, 0.15) is 68.8 Å². The van der Waals surface area contributed by atoms with Gasteiger partial charge in [-0.3, -0.25) is 19.9 Å². The molecule has 7 aliphatic rings. The fourth-order valence-electron chi connectivity index (χ4n) is 10.00. The summed E-state index contributed by atoms with van der Waals surface area (Å²) in [6.45, 7) is 5.26. The number of hydrogen-bond acceptors (Lipinski definition) is 15. The third kappa shape index (κ3) is 4.74. The summed E-state index contributed by atoms with van der Waals surface area (Å²) in [5, 5.41) is 38.2. The molecular formula is C39H43N3O11S. The lowest BCUT2D eigenvalue weighted by molar-refractivity contribution is -0.186. The van der Waals surface area contributed by atoms with Gasteiger partial charge in [-0.05, 0) is 68.1 Å². The van der Waals surface area contributed by atoms with E-state index in [1.165, 1.54) is 32.9 Å². The first-order chi connectivity index (χ1) is 25.9. The van der Waals surface area contributed by atoms with Crippen molar-refractivity contribution in [3.05, 3.63) is 62.7 Å². The monoisotopic (exact) mass is 761 g/mol. The zero-order valence-corrected chi connectivity index (χ0v) is 31.7. The zero-order chi connectivity index (χ0) is 38.0. The molecule has 286 valence electrons. The number of phenols is 2. The predicted octanol–water partition coefficient (Wildman–Crippen LogP) is 3.41. The summed E-state index contributed by atoms with van der Waals surface area (Å²) in [6, 6.07) is 3.13. The van der Waals surface area contributed by atoms with Crippen LogP contribution in [0.5, 0.6) is 40.2 Å². The van der Waals surface area contributed by atoms with Crippen LogP contribution in [-0.4, -0.2) is 102 Å². The second kappa shape index (κ2) is 12.6. The molecule has 1 spiro atoms. The fourth-order valence-corrected chi connectivity index (χ4v) is 11.7. The number of aliphatic hydroxyl groups excluding tert-OH is 1. The standard InChI is InChI=1S/C39H43N3O11S/c1-16-9-20-10-22-37(46)42-23-13-50-38(47)39(21-12-25(48-5)24(44)11-19(21)7-8-40-39)14-54-36(30(42)29(41(22)4)26(20)31(45)32(16)49-6)28-27(23)35-34(51-15-52-35)17(2)33(28)53-18(3)43/h9,11-12,22-23,29-30,36-37,40,44-46H,7-8,10,13-15H2,1-6H3/t22?,23-,29?,30+,36-,37?,39?/m0/s1. The summed E-state index contributed by atoms with van der Waals surface area (Å²) in [4.78, 5) is 31.7. The Hall–Kier alpha value is -4.41. The van der Waals surface area contributed by atoms with E-state index in [1.54, 1.807) is 12.1 Å². The highest BCUT2D eigenvalue weighted by Crippen LogP contribution is 2.64. The number of methoxy groups -OCH3 is 2. The Kier molecular flexibility index (Phi) is 8.21. The van der Waals surface area contributed by atoms with Gasteiger partial charge in [0.05, 0.1) is 37.6 Å². The van der Waals surface area contributed by atoms with E-state index in [0.29, 0.717) is 70.2 Å². The molecular weight excluding hydrogens is 719 g/mol. The lowest BCUT2D eigenvalue weighted by atomic mass is 9.73. The molecule has 4 bridgehead atoms. The molecule has 54 heavy (non-hydrogen) atoms. The molecule has 4 unspecified atom stereocenters. The smallest absolute Gasteiger partial charge is 0.331 e. The van der Waals surface area contributed by atoms with Crippen LogP contribution >= 0.6 is 11.8 Å². The zero-order valence-electron chi connectivity index (χ0n) is 30.8. The first-order valence-corrected chi connectivity index (χ1v) is 19.1. The summed E-state index contributed by atoms with van der Waals surface area (Å²) in [5.74, 6) is 0.949. The number of aliphatic hydroxyl groups is 1. The number of rotatable bonds is 3. The molecule has 0 saturated carbocycles. The lowest BCUT2D eigenvalue weighted by Crippen LogP contribution is -2.70. The van der Waals surface area contributed by atoms with Crippen molar-refractivity contribution in [2.75, 3.05) is 47.0 Å². The molecule has 2 fully saturated rings. The normalized spacial score (nSPS) is 29.4. The quantitative estimate of drug-likeness (QED) is 0.226. The van der Waals surface area contributed by atoms with Crippen LogP contribution in [0, 0.1) is 13.8 Å². The Morgan fingerprint density at radius 1 is 1.02 bits per heavy atom. The number of piperazine rings is 1. The molecule has 2 saturated heterocycles. The van der Waals surface area contributed by atoms with Crippen molar-refractivity contribution in [3.8, 4) is 40.2 Å². The minimum absolute atomic E-state index is 0.0226. The second-order valence-corrected chi connectivity index (χ2v) is 16.1. The van der Waals surface area contributed by atoms with E-state index in [9.17, 15) is 24.9 Å². The average Bonchev–Trinajstić information content (AvgIpc) is 3.63. The summed E-state index contributed by atoms with van der Waals surface area (Å²) >= 11 is 1.47. The summed E-state index contributed by atoms with van der Waals surface area (Å²) in [5.41, 5.74) is 4.36. The number of fused-ring (bicyclic) bond motifs is 9. The fraction of sp³-hybridized carbons (Fsp3) is 0.487. The van der Waals surface area contributed by atoms with Crippen molar-refractivity contribution in [1.82, 2.24) is 15.1 Å². The van der Waals surface area contributed by atoms with Gasteiger partial charge < -0.3 is 43.7 Å². The van der Waals surface area contributed by atoms with Crippen molar-refractivity contribution in [1.29, 1.82) is 0 Å². The summed E-state index contributed by atoms with van der Waals surface area (Å²) in [7, 11) is 4.96. The summed E-state index contributed by atoms with van der Waals surface area (Å²) in [6.07, 6.45) is -0.0282. The number of thioether (sulfide) groups is 1. The molecule has 3 aromatic rings. The van der Waals surface area contributed by atoms with Crippen LogP contribution in [0.3, 0.4) is 0 Å². The Morgan fingerprint density at radius 2 is 1.80 bits per heavy atom. The minimum Gasteiger partial charge on any atom is -0.504 e. The highest BCUT2D eigenvalue weighted by molar-refractivity contribution is 7.99. The van der Waals surface area contributed by atoms with Gasteiger partial charge in [0.1, 0.15) is 18.6 Å². The lowest BCUT2D eigenvalue weighted by Gasteiger charge is -2.62. The van der Waals surface area contributed by atoms with E-state index in [4.69, 9.17) is 28.4 Å². The van der Waals surface area contributed by atoms with Gasteiger partial charge in [0.25, 0.3) is 0 Å². The molecule has 0 radical (unpaired) electrons. The molecule has 7 aliphatic heterocycles. The van der Waals surface area contributed by atoms with E-state index in [0.717, 1.165) is 16.7 Å². The highest BCUT2D eigenvalue weighted by Gasteiger charge is 2.61. The highest BCUT2D eigenvalue weighted by atomic mass is 32.2. The molecule has 14 nitrogen and oxygen atoms in total. The Labute approximate surface area is 316 Å². The molecule has 7 heterocycles. The van der Waals surface area contributed by atoms with E-state index >= 15 is 0 Å². The van der Waals surface area contributed by atoms with Crippen LogP contribution in [0.2, 0.25) is 0 Å². The van der Waals surface area contributed by atoms with Crippen LogP contribution in [-0.2, 0) is 32.7 Å². The van der Waals surface area contributed by atoms with Crippen molar-refractivity contribution >= 4 is 23.7 Å². The molecule has 3 aromatic carbocycles. The number of ether oxygens (including phenoxy) is 6. The number of likely N-dealkylation sites (N-methyl/N-ethyl adjacent to an activating group) is 1. The molecule has 0 amide bonds. The van der Waals surface area contributed by atoms with Gasteiger partial charge in [-0.25, -0.2) is 4.79 Å². The van der Waals surface area contributed by atoms with E-state index in [1.807, 2.05) is 31.9 Å². The van der Waals surface area contributed by atoms with Gasteiger partial charge in [-0.15, -0.1) is 11.8 Å². The number of hydrogen-bond donors (Lipinski definition) is 4. The second-order valence-electron chi connectivity index (χ2n) is 14.9. The van der Waals surface area contributed by atoms with Crippen LogP contribution in [0.15, 0.2) is 18.2 Å². The van der Waals surface area contributed by atoms with Gasteiger partial charge in [0.15, 0.2) is 40.0 Å². The van der Waals surface area contributed by atoms with Crippen molar-refractivity contribution in [2.24, 2.45) is 0 Å². The largest absolute Gasteiger partial charge is 0.504 e. The Bertz CT molecular complexity index is 2130. The summed E-state index contributed by atoms with van der Waals surface area (Å²) < 4.78 is 35.9. The van der Waals surface area contributed by atoms with E-state index in [2.05, 4.69) is 10.2 Å². The van der Waals surface area contributed by atoms with Gasteiger partial charge in [0, 0.05) is 47.5 Å². The first-order valence-electron chi connectivity index (χ1n) is 18.1. The number of carbonyl (C=O) groups is 2. The van der Waals surface area contributed by atoms with Crippen molar-refractivity contribution in [3.63, 3.8) is 0 Å². The van der Waals surface area contributed by atoms with Gasteiger partial charge in [-0.1, -0.05) is 6.07 Å². The molecule has 15 heteroatoms. The van der Waals surface area contributed by atoms with Crippen LogP contribution in [0.4, 0.5) is 0 Å². The molecule has 10 rings (SSSR count). The van der Waals surface area contributed by atoms with Crippen molar-refractivity contribution < 1.29 is 53.3 Å².